The normalized spacial score (nSPS) is 35.6. The van der Waals surface area contributed by atoms with Gasteiger partial charge in [0.05, 0.1) is 0 Å². The lowest BCUT2D eigenvalue weighted by Gasteiger charge is -2.27. The number of hydrogen-bond donors (Lipinski definition) is 1. The minimum Gasteiger partial charge on any atom is -0.360 e. The van der Waals surface area contributed by atoms with E-state index in [-0.39, 0.29) is 6.10 Å². The van der Waals surface area contributed by atoms with Crippen LogP contribution in [0.25, 0.3) is 11.1 Å². The third kappa shape index (κ3) is 0.596. The molecule has 1 saturated heterocycles. The van der Waals surface area contributed by atoms with Crippen molar-refractivity contribution in [2.75, 3.05) is 0 Å². The zero-order valence-electron chi connectivity index (χ0n) is 7.40. The number of fused-ring (bicyclic) bond motifs is 5. The number of ether oxygens (including phenoxy) is 1. The molecule has 2 aliphatic carbocycles. The largest absolute Gasteiger partial charge is 0.360 e. The van der Waals surface area contributed by atoms with Crippen molar-refractivity contribution >= 4 is 11.1 Å². The Morgan fingerprint density at radius 2 is 2.00 bits per heavy atom. The van der Waals surface area contributed by atoms with Gasteiger partial charge in [0.2, 0.25) is 5.79 Å². The van der Waals surface area contributed by atoms with Gasteiger partial charge in [-0.15, -0.1) is 0 Å². The fourth-order valence-corrected chi connectivity index (χ4v) is 2.39. The van der Waals surface area contributed by atoms with E-state index in [2.05, 4.69) is 12.1 Å². The minimum atomic E-state index is -0.994. The van der Waals surface area contributed by atoms with Crippen molar-refractivity contribution in [1.29, 1.82) is 0 Å². The molecule has 3 aliphatic rings. The highest BCUT2D eigenvalue weighted by Gasteiger charge is 2.60. The monoisotopic (exact) mass is 184 g/mol. The lowest BCUT2D eigenvalue weighted by atomic mass is 9.75. The molecule has 1 fully saturated rings. The summed E-state index contributed by atoms with van der Waals surface area (Å²) in [4.78, 5) is 0. The second-order valence-corrected chi connectivity index (χ2v) is 3.96. The molecule has 0 bridgehead atoms. The van der Waals surface area contributed by atoms with Crippen molar-refractivity contribution in [2.24, 2.45) is 0 Å². The fourth-order valence-electron chi connectivity index (χ4n) is 2.39. The first kappa shape index (κ1) is 6.98. The highest BCUT2D eigenvalue weighted by Crippen LogP contribution is 2.56. The van der Waals surface area contributed by atoms with Crippen molar-refractivity contribution in [3.63, 3.8) is 0 Å². The summed E-state index contributed by atoms with van der Waals surface area (Å²) < 4.78 is 5.27. The molecule has 2 nitrogen and oxygen atoms in total. The smallest absolute Gasteiger partial charge is 0.218 e. The molecule has 0 saturated carbocycles. The molecule has 1 aromatic rings. The van der Waals surface area contributed by atoms with E-state index in [9.17, 15) is 5.11 Å². The summed E-state index contributed by atoms with van der Waals surface area (Å²) in [6, 6.07) is 8.23. The molecule has 68 valence electrons. The number of epoxide rings is 1. The Kier molecular flexibility index (Phi) is 0.923. The molecule has 2 atom stereocenters. The van der Waals surface area contributed by atoms with Crippen LogP contribution in [0, 0.1) is 0 Å². The zero-order chi connectivity index (χ0) is 9.34. The highest BCUT2D eigenvalue weighted by atomic mass is 16.7. The van der Waals surface area contributed by atoms with Crippen LogP contribution >= 0.6 is 0 Å². The quantitative estimate of drug-likeness (QED) is 0.621. The molecule has 0 radical (unpaired) electrons. The summed E-state index contributed by atoms with van der Waals surface area (Å²) in [6.45, 7) is 0. The Balaban J connectivity index is 1.94. The molecular formula is C12H8O2. The Morgan fingerprint density at radius 3 is 2.86 bits per heavy atom. The summed E-state index contributed by atoms with van der Waals surface area (Å²) >= 11 is 0. The maximum atomic E-state index is 9.75. The standard InChI is InChI=1S/C12H8O2/c13-12-6-5-9-7-3-1-2-4-8(7)10(9)11(12)14-12/h1-6,11,13H. The van der Waals surface area contributed by atoms with E-state index >= 15 is 0 Å². The van der Waals surface area contributed by atoms with Crippen molar-refractivity contribution in [2.45, 2.75) is 11.9 Å². The Labute approximate surface area is 81.1 Å². The molecule has 1 aromatic carbocycles. The summed E-state index contributed by atoms with van der Waals surface area (Å²) in [5, 5.41) is 9.75. The van der Waals surface area contributed by atoms with Crippen LogP contribution in [-0.2, 0) is 4.74 Å². The predicted molar refractivity (Wildman–Crippen MR) is 52.2 cm³/mol. The van der Waals surface area contributed by atoms with Crippen LogP contribution in [0.2, 0.25) is 0 Å². The van der Waals surface area contributed by atoms with Crippen LogP contribution in [-0.4, -0.2) is 17.0 Å². The maximum absolute atomic E-state index is 9.75. The van der Waals surface area contributed by atoms with Crippen LogP contribution in [0.15, 0.2) is 36.4 Å². The van der Waals surface area contributed by atoms with Crippen LogP contribution in [0.4, 0.5) is 0 Å². The summed E-state index contributed by atoms with van der Waals surface area (Å²) in [5.41, 5.74) is 4.91. The van der Waals surface area contributed by atoms with Gasteiger partial charge in [-0.3, -0.25) is 0 Å². The van der Waals surface area contributed by atoms with E-state index in [0.717, 1.165) is 0 Å². The molecule has 2 unspecified atom stereocenters. The van der Waals surface area contributed by atoms with Gasteiger partial charge in [-0.1, -0.05) is 30.3 Å². The van der Waals surface area contributed by atoms with Gasteiger partial charge in [0.15, 0.2) is 0 Å². The number of benzene rings is 1. The summed E-state index contributed by atoms with van der Waals surface area (Å²) in [6.07, 6.45) is 3.59. The van der Waals surface area contributed by atoms with Crippen molar-refractivity contribution in [1.82, 2.24) is 0 Å². The molecule has 0 amide bonds. The number of rotatable bonds is 0. The Morgan fingerprint density at radius 1 is 1.21 bits per heavy atom. The van der Waals surface area contributed by atoms with E-state index in [1.54, 1.807) is 6.08 Å². The van der Waals surface area contributed by atoms with E-state index in [0.29, 0.717) is 0 Å². The Bertz CT molecular complexity index is 513. The maximum Gasteiger partial charge on any atom is 0.218 e. The average molecular weight is 184 g/mol. The SMILES string of the molecule is OC12C=CC3=C(c4ccccc43)C1O2. The molecule has 14 heavy (non-hydrogen) atoms. The highest BCUT2D eigenvalue weighted by molar-refractivity contribution is 6.11. The number of hydrogen-bond acceptors (Lipinski definition) is 2. The average Bonchev–Trinajstić information content (AvgIpc) is 2.82. The Hall–Kier alpha value is -1.38. The second kappa shape index (κ2) is 1.85. The van der Waals surface area contributed by atoms with Gasteiger partial charge in [-0.05, 0) is 22.8 Å². The van der Waals surface area contributed by atoms with E-state index in [4.69, 9.17) is 4.74 Å². The second-order valence-electron chi connectivity index (χ2n) is 3.96. The minimum absolute atomic E-state index is 0.114. The summed E-state index contributed by atoms with van der Waals surface area (Å²) in [7, 11) is 0. The third-order valence-electron chi connectivity index (χ3n) is 3.17. The van der Waals surface area contributed by atoms with Gasteiger partial charge < -0.3 is 9.84 Å². The topological polar surface area (TPSA) is 32.8 Å². The fraction of sp³-hybridized carbons (Fsp3) is 0.167. The van der Waals surface area contributed by atoms with E-state index in [1.807, 2.05) is 18.2 Å². The van der Waals surface area contributed by atoms with Gasteiger partial charge in [0, 0.05) is 5.57 Å². The van der Waals surface area contributed by atoms with Crippen LogP contribution in [0.1, 0.15) is 11.1 Å². The first-order chi connectivity index (χ1) is 6.80. The molecule has 0 aromatic heterocycles. The first-order valence-corrected chi connectivity index (χ1v) is 4.73. The molecule has 1 heterocycles. The molecule has 4 rings (SSSR count). The van der Waals surface area contributed by atoms with Gasteiger partial charge >= 0.3 is 0 Å². The molecule has 1 N–H and O–H groups in total. The first-order valence-electron chi connectivity index (χ1n) is 4.73. The molecule has 0 spiro atoms. The van der Waals surface area contributed by atoms with Gasteiger partial charge in [0.1, 0.15) is 6.10 Å². The van der Waals surface area contributed by atoms with E-state index in [1.165, 1.54) is 22.3 Å². The third-order valence-corrected chi connectivity index (χ3v) is 3.17. The lowest BCUT2D eigenvalue weighted by Crippen LogP contribution is -2.20. The van der Waals surface area contributed by atoms with E-state index < -0.39 is 5.79 Å². The molecule has 1 aliphatic heterocycles. The molecular weight excluding hydrogens is 176 g/mol. The number of allylic oxidation sites excluding steroid dienone is 2. The van der Waals surface area contributed by atoms with Crippen LogP contribution in [0.3, 0.4) is 0 Å². The van der Waals surface area contributed by atoms with Crippen LogP contribution < -0.4 is 0 Å². The van der Waals surface area contributed by atoms with Crippen molar-refractivity contribution in [3.8, 4) is 0 Å². The van der Waals surface area contributed by atoms with Crippen molar-refractivity contribution < 1.29 is 9.84 Å². The zero-order valence-corrected chi connectivity index (χ0v) is 7.40. The number of aliphatic hydroxyl groups is 1. The van der Waals surface area contributed by atoms with Gasteiger partial charge in [-0.2, -0.15) is 0 Å². The lowest BCUT2D eigenvalue weighted by molar-refractivity contribution is 0.0826. The molecule has 2 heteroatoms. The van der Waals surface area contributed by atoms with Crippen LogP contribution in [0.5, 0.6) is 0 Å². The van der Waals surface area contributed by atoms with Gasteiger partial charge in [-0.25, -0.2) is 0 Å². The van der Waals surface area contributed by atoms with Gasteiger partial charge in [0.25, 0.3) is 0 Å². The summed E-state index contributed by atoms with van der Waals surface area (Å²) in [5.74, 6) is -0.994. The van der Waals surface area contributed by atoms with Crippen molar-refractivity contribution in [3.05, 3.63) is 47.5 Å². The predicted octanol–water partition coefficient (Wildman–Crippen LogP) is 1.57.